The Kier molecular flexibility index (Phi) is 5.74. The highest BCUT2D eigenvalue weighted by atomic mass is 35.5. The second-order valence-corrected chi connectivity index (χ2v) is 7.46. The normalized spacial score (nSPS) is 14.9. The van der Waals surface area contributed by atoms with Crippen LogP contribution in [0.2, 0.25) is 5.02 Å². The third kappa shape index (κ3) is 4.61. The number of nitrogens with one attached hydrogen (secondary N) is 1. The van der Waals surface area contributed by atoms with Crippen molar-refractivity contribution in [2.24, 2.45) is 0 Å². The van der Waals surface area contributed by atoms with Crippen molar-refractivity contribution in [3.63, 3.8) is 0 Å². The summed E-state index contributed by atoms with van der Waals surface area (Å²) in [4.78, 5) is 14.1. The summed E-state index contributed by atoms with van der Waals surface area (Å²) in [7, 11) is 0. The van der Waals surface area contributed by atoms with Gasteiger partial charge in [-0.15, -0.1) is 0 Å². The van der Waals surface area contributed by atoms with E-state index in [4.69, 9.17) is 16.6 Å². The molecule has 28 heavy (non-hydrogen) atoms. The van der Waals surface area contributed by atoms with Gasteiger partial charge in [0.1, 0.15) is 5.82 Å². The highest BCUT2D eigenvalue weighted by molar-refractivity contribution is 6.33. The van der Waals surface area contributed by atoms with Gasteiger partial charge in [-0.2, -0.15) is 4.98 Å². The maximum atomic E-state index is 6.26. The molecule has 0 bridgehead atoms. The number of aromatic nitrogens is 2. The first kappa shape index (κ1) is 18.7. The fourth-order valence-electron chi connectivity index (χ4n) is 3.41. The fraction of sp³-hybridized carbons (Fsp3) is 0.273. The van der Waals surface area contributed by atoms with Gasteiger partial charge in [0.05, 0.1) is 10.7 Å². The lowest BCUT2D eigenvalue weighted by atomic mass is 10.2. The predicted octanol–water partition coefficient (Wildman–Crippen LogP) is 4.50. The van der Waals surface area contributed by atoms with Crippen LogP contribution >= 0.6 is 11.6 Å². The molecule has 1 aliphatic heterocycles. The lowest BCUT2D eigenvalue weighted by molar-refractivity contribution is 0.248. The molecule has 2 heterocycles. The first-order valence-electron chi connectivity index (χ1n) is 9.56. The molecule has 1 fully saturated rings. The molecule has 6 heteroatoms. The number of para-hydroxylation sites is 1. The Morgan fingerprint density at radius 1 is 0.929 bits per heavy atom. The van der Waals surface area contributed by atoms with Gasteiger partial charge in [-0.1, -0.05) is 54.1 Å². The predicted molar refractivity (Wildman–Crippen MR) is 115 cm³/mol. The van der Waals surface area contributed by atoms with Crippen molar-refractivity contribution >= 4 is 29.1 Å². The van der Waals surface area contributed by atoms with Gasteiger partial charge >= 0.3 is 0 Å². The van der Waals surface area contributed by atoms with Crippen molar-refractivity contribution in [1.29, 1.82) is 0 Å². The van der Waals surface area contributed by atoms with Crippen LogP contribution < -0.4 is 10.2 Å². The van der Waals surface area contributed by atoms with E-state index in [9.17, 15) is 0 Å². The molecular weight excluding hydrogens is 370 g/mol. The van der Waals surface area contributed by atoms with Gasteiger partial charge in [0.25, 0.3) is 0 Å². The summed E-state index contributed by atoms with van der Waals surface area (Å²) in [5, 5.41) is 3.99. The average Bonchev–Trinajstić information content (AvgIpc) is 2.71. The number of aryl methyl sites for hydroxylation is 1. The van der Waals surface area contributed by atoms with Gasteiger partial charge < -0.3 is 10.2 Å². The molecule has 144 valence electrons. The Morgan fingerprint density at radius 2 is 1.64 bits per heavy atom. The van der Waals surface area contributed by atoms with Crippen molar-refractivity contribution in [2.75, 3.05) is 36.4 Å². The Balaban J connectivity index is 1.42. The summed E-state index contributed by atoms with van der Waals surface area (Å²) in [5.74, 6) is 1.54. The van der Waals surface area contributed by atoms with E-state index in [0.29, 0.717) is 5.02 Å². The minimum atomic E-state index is 0.676. The van der Waals surface area contributed by atoms with E-state index < -0.39 is 0 Å². The quantitative estimate of drug-likeness (QED) is 0.691. The van der Waals surface area contributed by atoms with Gasteiger partial charge in [-0.3, -0.25) is 4.90 Å². The van der Waals surface area contributed by atoms with Crippen LogP contribution in [0.4, 0.5) is 17.5 Å². The van der Waals surface area contributed by atoms with E-state index in [2.05, 4.69) is 50.4 Å². The number of benzene rings is 2. The van der Waals surface area contributed by atoms with E-state index in [1.807, 2.05) is 37.3 Å². The van der Waals surface area contributed by atoms with Crippen LogP contribution in [0.1, 0.15) is 11.3 Å². The van der Waals surface area contributed by atoms with Crippen LogP contribution in [0.25, 0.3) is 0 Å². The summed E-state index contributed by atoms with van der Waals surface area (Å²) in [6.45, 7) is 6.82. The molecule has 0 aliphatic carbocycles. The van der Waals surface area contributed by atoms with Gasteiger partial charge in [0.2, 0.25) is 5.95 Å². The summed E-state index contributed by atoms with van der Waals surface area (Å²) >= 11 is 6.26. The van der Waals surface area contributed by atoms with Crippen LogP contribution in [0.3, 0.4) is 0 Å². The van der Waals surface area contributed by atoms with Crippen molar-refractivity contribution in [1.82, 2.24) is 14.9 Å². The summed E-state index contributed by atoms with van der Waals surface area (Å²) in [5.41, 5.74) is 3.14. The van der Waals surface area contributed by atoms with Crippen LogP contribution in [0.5, 0.6) is 0 Å². The molecule has 0 spiro atoms. The lowest BCUT2D eigenvalue weighted by Gasteiger charge is -2.35. The molecule has 0 saturated carbocycles. The monoisotopic (exact) mass is 393 g/mol. The highest BCUT2D eigenvalue weighted by Crippen LogP contribution is 2.25. The van der Waals surface area contributed by atoms with E-state index in [0.717, 1.165) is 55.9 Å². The molecule has 3 aromatic rings. The van der Waals surface area contributed by atoms with Crippen molar-refractivity contribution in [3.8, 4) is 0 Å². The lowest BCUT2D eigenvalue weighted by Crippen LogP contribution is -2.46. The zero-order chi connectivity index (χ0) is 19.3. The Bertz CT molecular complexity index is 923. The molecule has 0 atom stereocenters. The third-order valence-corrected chi connectivity index (χ3v) is 5.21. The Hall–Kier alpha value is -2.63. The number of rotatable bonds is 5. The highest BCUT2D eigenvalue weighted by Gasteiger charge is 2.20. The third-order valence-electron chi connectivity index (χ3n) is 4.88. The standard InChI is InChI=1S/C22H24ClN5/c1-17-15-21(25-20-10-6-5-9-19(20)23)26-22(24-17)28-13-11-27(12-14-28)16-18-7-3-2-4-8-18/h2-10,15H,11-14,16H2,1H3,(H,24,25,26). The zero-order valence-electron chi connectivity index (χ0n) is 16.0. The molecule has 1 aliphatic rings. The number of hydrogen-bond acceptors (Lipinski definition) is 5. The van der Waals surface area contributed by atoms with Crippen LogP contribution in [-0.4, -0.2) is 41.0 Å². The topological polar surface area (TPSA) is 44.3 Å². The first-order chi connectivity index (χ1) is 13.7. The van der Waals surface area contributed by atoms with Gasteiger partial charge in [0, 0.05) is 44.5 Å². The van der Waals surface area contributed by atoms with Crippen molar-refractivity contribution in [3.05, 3.63) is 76.9 Å². The van der Waals surface area contributed by atoms with E-state index in [1.165, 1.54) is 5.56 Å². The molecule has 0 radical (unpaired) electrons. The number of piperazine rings is 1. The van der Waals surface area contributed by atoms with Crippen molar-refractivity contribution < 1.29 is 0 Å². The summed E-state index contributed by atoms with van der Waals surface area (Å²) in [6, 6.07) is 20.2. The fourth-order valence-corrected chi connectivity index (χ4v) is 3.59. The SMILES string of the molecule is Cc1cc(Nc2ccccc2Cl)nc(N2CCN(Cc3ccccc3)CC2)n1. The van der Waals surface area contributed by atoms with Crippen LogP contribution in [-0.2, 0) is 6.54 Å². The number of nitrogens with zero attached hydrogens (tertiary/aromatic N) is 4. The van der Waals surface area contributed by atoms with Gasteiger partial charge in [0.15, 0.2) is 0 Å². The minimum absolute atomic E-state index is 0.676. The zero-order valence-corrected chi connectivity index (χ0v) is 16.7. The van der Waals surface area contributed by atoms with Crippen LogP contribution in [0.15, 0.2) is 60.7 Å². The molecule has 1 N–H and O–H groups in total. The maximum absolute atomic E-state index is 6.26. The first-order valence-corrected chi connectivity index (χ1v) is 9.94. The summed E-state index contributed by atoms with van der Waals surface area (Å²) < 4.78 is 0. The molecule has 5 nitrogen and oxygen atoms in total. The van der Waals surface area contributed by atoms with E-state index >= 15 is 0 Å². The molecule has 0 amide bonds. The van der Waals surface area contributed by atoms with Gasteiger partial charge in [-0.05, 0) is 24.6 Å². The molecule has 2 aromatic carbocycles. The molecule has 0 unspecified atom stereocenters. The number of hydrogen-bond donors (Lipinski definition) is 1. The van der Waals surface area contributed by atoms with Crippen LogP contribution in [0, 0.1) is 6.92 Å². The molecular formula is C22H24ClN5. The number of halogens is 1. The van der Waals surface area contributed by atoms with E-state index in [-0.39, 0.29) is 0 Å². The van der Waals surface area contributed by atoms with E-state index in [1.54, 1.807) is 0 Å². The smallest absolute Gasteiger partial charge is 0.227 e. The molecule has 1 aromatic heterocycles. The Morgan fingerprint density at radius 3 is 2.39 bits per heavy atom. The average molecular weight is 394 g/mol. The van der Waals surface area contributed by atoms with Crippen molar-refractivity contribution in [2.45, 2.75) is 13.5 Å². The summed E-state index contributed by atoms with van der Waals surface area (Å²) in [6.07, 6.45) is 0. The second kappa shape index (κ2) is 8.59. The molecule has 4 rings (SSSR count). The largest absolute Gasteiger partial charge is 0.339 e. The Labute approximate surface area is 171 Å². The maximum Gasteiger partial charge on any atom is 0.227 e. The van der Waals surface area contributed by atoms with Gasteiger partial charge in [-0.25, -0.2) is 4.98 Å². The number of anilines is 3. The minimum Gasteiger partial charge on any atom is -0.339 e. The molecule has 1 saturated heterocycles. The second-order valence-electron chi connectivity index (χ2n) is 7.05.